The molecule has 7 heteroatoms. The molecule has 152 valence electrons. The van der Waals surface area contributed by atoms with E-state index in [9.17, 15) is 4.79 Å². The Morgan fingerprint density at radius 3 is 2.37 bits per heavy atom. The average molecular weight is 379 g/mol. The smallest absolute Gasteiger partial charge is 0.407 e. The highest BCUT2D eigenvalue weighted by Crippen LogP contribution is 2.10. The predicted octanol–water partition coefficient (Wildman–Crippen LogP) is 2.80. The quantitative estimate of drug-likeness (QED) is 0.350. The van der Waals surface area contributed by atoms with Crippen molar-refractivity contribution in [3.8, 4) is 0 Å². The monoisotopic (exact) mass is 378 g/mol. The van der Waals surface area contributed by atoms with Crippen LogP contribution in [-0.2, 0) is 22.6 Å². The second-order valence-corrected chi connectivity index (χ2v) is 7.04. The summed E-state index contributed by atoms with van der Waals surface area (Å²) in [6.07, 6.45) is 0.372. The second kappa shape index (κ2) is 12.2. The van der Waals surface area contributed by atoms with E-state index in [1.807, 2.05) is 39.8 Å². The molecule has 0 heterocycles. The molecule has 0 aliphatic heterocycles. The molecule has 0 saturated heterocycles. The van der Waals surface area contributed by atoms with Crippen molar-refractivity contribution in [3.63, 3.8) is 0 Å². The minimum atomic E-state index is -0.479. The Kier molecular flexibility index (Phi) is 10.3. The Hall–Kier alpha value is -2.28. The third-order valence-electron chi connectivity index (χ3n) is 3.56. The summed E-state index contributed by atoms with van der Waals surface area (Å²) < 4.78 is 10.7. The highest BCUT2D eigenvalue weighted by atomic mass is 16.6. The SMILES string of the molecule is CCOCc1ccccc1CNC(=NC)NCCCNC(=O)OC(C)(C)C. The summed E-state index contributed by atoms with van der Waals surface area (Å²) in [5, 5.41) is 9.28. The van der Waals surface area contributed by atoms with Crippen LogP contribution in [0.1, 0.15) is 45.2 Å². The average Bonchev–Trinajstić information content (AvgIpc) is 2.61. The van der Waals surface area contributed by atoms with Gasteiger partial charge in [0.15, 0.2) is 5.96 Å². The van der Waals surface area contributed by atoms with Crippen molar-refractivity contribution >= 4 is 12.1 Å². The Balaban J connectivity index is 2.31. The number of rotatable bonds is 9. The van der Waals surface area contributed by atoms with E-state index in [1.54, 1.807) is 7.05 Å². The molecule has 7 nitrogen and oxygen atoms in total. The molecule has 0 aliphatic carbocycles. The van der Waals surface area contributed by atoms with Gasteiger partial charge in [0.2, 0.25) is 0 Å². The number of ether oxygens (including phenoxy) is 2. The van der Waals surface area contributed by atoms with Crippen molar-refractivity contribution in [1.29, 1.82) is 0 Å². The largest absolute Gasteiger partial charge is 0.444 e. The van der Waals surface area contributed by atoms with Crippen molar-refractivity contribution < 1.29 is 14.3 Å². The first-order valence-electron chi connectivity index (χ1n) is 9.41. The van der Waals surface area contributed by atoms with Crippen molar-refractivity contribution in [2.45, 2.75) is 52.9 Å². The number of nitrogens with zero attached hydrogens (tertiary/aromatic N) is 1. The Morgan fingerprint density at radius 2 is 1.74 bits per heavy atom. The molecule has 1 amide bonds. The zero-order valence-corrected chi connectivity index (χ0v) is 17.2. The molecule has 0 aromatic heterocycles. The fraction of sp³-hybridized carbons (Fsp3) is 0.600. The van der Waals surface area contributed by atoms with Crippen LogP contribution >= 0.6 is 0 Å². The number of benzene rings is 1. The van der Waals surface area contributed by atoms with Crippen molar-refractivity contribution in [2.75, 3.05) is 26.7 Å². The summed E-state index contributed by atoms with van der Waals surface area (Å²) in [6.45, 7) is 10.7. The van der Waals surface area contributed by atoms with Crippen molar-refractivity contribution in [2.24, 2.45) is 4.99 Å². The highest BCUT2D eigenvalue weighted by Gasteiger charge is 2.15. The number of carbonyl (C=O) groups excluding carboxylic acids is 1. The number of amides is 1. The molecule has 0 unspecified atom stereocenters. The van der Waals surface area contributed by atoms with Crippen LogP contribution in [0.25, 0.3) is 0 Å². The maximum absolute atomic E-state index is 11.6. The molecule has 27 heavy (non-hydrogen) atoms. The number of hydrogen-bond donors (Lipinski definition) is 3. The maximum Gasteiger partial charge on any atom is 0.407 e. The molecule has 0 bridgehead atoms. The first kappa shape index (κ1) is 22.8. The minimum absolute atomic E-state index is 0.393. The normalized spacial score (nSPS) is 11.8. The van der Waals surface area contributed by atoms with E-state index < -0.39 is 11.7 Å². The number of aliphatic imine (C=N–C) groups is 1. The maximum atomic E-state index is 11.6. The van der Waals surface area contributed by atoms with E-state index in [4.69, 9.17) is 9.47 Å². The van der Waals surface area contributed by atoms with Crippen LogP contribution in [-0.4, -0.2) is 44.4 Å². The summed E-state index contributed by atoms with van der Waals surface area (Å²) in [5.41, 5.74) is 1.87. The van der Waals surface area contributed by atoms with Crippen molar-refractivity contribution in [1.82, 2.24) is 16.0 Å². The van der Waals surface area contributed by atoms with E-state index in [2.05, 4.69) is 33.1 Å². The van der Waals surface area contributed by atoms with Gasteiger partial charge in [0, 0.05) is 33.3 Å². The molecule has 0 fully saturated rings. The minimum Gasteiger partial charge on any atom is -0.444 e. The van der Waals surface area contributed by atoms with Crippen LogP contribution < -0.4 is 16.0 Å². The Morgan fingerprint density at radius 1 is 1.07 bits per heavy atom. The molecule has 0 saturated carbocycles. The van der Waals surface area contributed by atoms with Crippen LogP contribution in [0.5, 0.6) is 0 Å². The van der Waals surface area contributed by atoms with Crippen LogP contribution in [0.15, 0.2) is 29.3 Å². The van der Waals surface area contributed by atoms with Gasteiger partial charge in [-0.3, -0.25) is 4.99 Å². The number of guanidine groups is 1. The van der Waals surface area contributed by atoms with Crippen molar-refractivity contribution in [3.05, 3.63) is 35.4 Å². The van der Waals surface area contributed by atoms with Gasteiger partial charge in [-0.2, -0.15) is 0 Å². The molecule has 3 N–H and O–H groups in total. The topological polar surface area (TPSA) is 84.0 Å². The zero-order valence-electron chi connectivity index (χ0n) is 17.2. The lowest BCUT2D eigenvalue weighted by Crippen LogP contribution is -2.39. The first-order valence-corrected chi connectivity index (χ1v) is 9.41. The van der Waals surface area contributed by atoms with Gasteiger partial charge in [-0.25, -0.2) is 4.79 Å². The van der Waals surface area contributed by atoms with Gasteiger partial charge in [0.1, 0.15) is 5.60 Å². The molecule has 1 aromatic rings. The predicted molar refractivity (Wildman–Crippen MR) is 109 cm³/mol. The second-order valence-electron chi connectivity index (χ2n) is 7.04. The van der Waals surface area contributed by atoms with Crippen LogP contribution in [0.4, 0.5) is 4.79 Å². The van der Waals surface area contributed by atoms with E-state index in [0.717, 1.165) is 12.4 Å². The fourth-order valence-electron chi connectivity index (χ4n) is 2.28. The molecule has 1 aromatic carbocycles. The summed E-state index contributed by atoms with van der Waals surface area (Å²) in [5.74, 6) is 0.721. The van der Waals surface area contributed by atoms with Crippen LogP contribution in [0, 0.1) is 0 Å². The molecule has 0 atom stereocenters. The number of alkyl carbamates (subject to hydrolysis) is 1. The summed E-state index contributed by atoms with van der Waals surface area (Å²) >= 11 is 0. The van der Waals surface area contributed by atoms with Gasteiger partial charge in [-0.15, -0.1) is 0 Å². The van der Waals surface area contributed by atoms with Gasteiger partial charge in [0.05, 0.1) is 6.61 Å². The molecule has 0 spiro atoms. The Labute approximate surface area is 162 Å². The summed E-state index contributed by atoms with van der Waals surface area (Å²) in [6, 6.07) is 8.19. The van der Waals surface area contributed by atoms with E-state index in [1.165, 1.54) is 11.1 Å². The zero-order chi connectivity index (χ0) is 20.1. The Bertz CT molecular complexity index is 597. The van der Waals surface area contributed by atoms with E-state index in [-0.39, 0.29) is 0 Å². The van der Waals surface area contributed by atoms with Gasteiger partial charge in [-0.05, 0) is 45.2 Å². The van der Waals surface area contributed by atoms with E-state index >= 15 is 0 Å². The van der Waals surface area contributed by atoms with Crippen LogP contribution in [0.2, 0.25) is 0 Å². The molecular formula is C20H34N4O3. The fourth-order valence-corrected chi connectivity index (χ4v) is 2.28. The van der Waals surface area contributed by atoms with Gasteiger partial charge < -0.3 is 25.4 Å². The summed E-state index contributed by atoms with van der Waals surface area (Å²) in [4.78, 5) is 15.8. The highest BCUT2D eigenvalue weighted by molar-refractivity contribution is 5.79. The molecule has 1 rings (SSSR count). The lowest BCUT2D eigenvalue weighted by Gasteiger charge is -2.19. The van der Waals surface area contributed by atoms with E-state index in [0.29, 0.717) is 32.8 Å². The lowest BCUT2D eigenvalue weighted by molar-refractivity contribution is 0.0527. The molecule has 0 aliphatic rings. The third-order valence-corrected chi connectivity index (χ3v) is 3.56. The molecule has 0 radical (unpaired) electrons. The molecular weight excluding hydrogens is 344 g/mol. The number of hydrogen-bond acceptors (Lipinski definition) is 4. The summed E-state index contributed by atoms with van der Waals surface area (Å²) in [7, 11) is 1.74. The number of carbonyl (C=O) groups is 1. The van der Waals surface area contributed by atoms with Gasteiger partial charge in [0.25, 0.3) is 0 Å². The van der Waals surface area contributed by atoms with Gasteiger partial charge in [-0.1, -0.05) is 24.3 Å². The standard InChI is InChI=1S/C20H34N4O3/c1-6-26-15-17-11-8-7-10-16(17)14-24-18(21-5)22-12-9-13-23-19(25)27-20(2,3)4/h7-8,10-11H,6,9,12-15H2,1-5H3,(H,23,25)(H2,21,22,24). The number of nitrogens with one attached hydrogen (secondary N) is 3. The van der Waals surface area contributed by atoms with Gasteiger partial charge >= 0.3 is 6.09 Å². The third kappa shape index (κ3) is 10.5. The van der Waals surface area contributed by atoms with Crippen LogP contribution in [0.3, 0.4) is 0 Å². The lowest BCUT2D eigenvalue weighted by atomic mass is 10.1. The first-order chi connectivity index (χ1) is 12.9.